The topological polar surface area (TPSA) is 21.3 Å². The molecule has 1 rings (SSSR count). The number of aryl methyl sites for hydroxylation is 1. The van der Waals surface area contributed by atoms with Crippen LogP contribution in [-0.4, -0.2) is 25.8 Å². The summed E-state index contributed by atoms with van der Waals surface area (Å²) in [6.07, 6.45) is 5.03. The van der Waals surface area contributed by atoms with Crippen LogP contribution in [0.3, 0.4) is 0 Å². The van der Waals surface area contributed by atoms with E-state index in [0.717, 1.165) is 32.5 Å². The number of nitrogens with one attached hydrogen (secondary N) is 1. The fraction of sp³-hybridized carbons (Fsp3) is 0.625. The van der Waals surface area contributed by atoms with Crippen LogP contribution >= 0.6 is 0 Å². The lowest BCUT2D eigenvalue weighted by molar-refractivity contribution is 0.0644. The summed E-state index contributed by atoms with van der Waals surface area (Å²) in [5.41, 5.74) is 1.40. The van der Waals surface area contributed by atoms with Gasteiger partial charge in [-0.2, -0.15) is 0 Å². The Balaban J connectivity index is 1.97. The van der Waals surface area contributed by atoms with Crippen molar-refractivity contribution in [2.75, 3.05) is 19.7 Å². The van der Waals surface area contributed by atoms with E-state index < -0.39 is 0 Å². The molecule has 102 valence electrons. The van der Waals surface area contributed by atoms with Gasteiger partial charge in [-0.1, -0.05) is 43.7 Å². The van der Waals surface area contributed by atoms with Crippen molar-refractivity contribution in [2.24, 2.45) is 0 Å². The molecule has 0 aliphatic carbocycles. The van der Waals surface area contributed by atoms with Crippen LogP contribution in [0.1, 0.15) is 38.7 Å². The van der Waals surface area contributed by atoms with E-state index in [2.05, 4.69) is 49.5 Å². The van der Waals surface area contributed by atoms with E-state index in [0.29, 0.717) is 6.10 Å². The monoisotopic (exact) mass is 249 g/mol. The smallest absolute Gasteiger partial charge is 0.0671 e. The third-order valence-corrected chi connectivity index (χ3v) is 2.99. The molecule has 0 fully saturated rings. The quantitative estimate of drug-likeness (QED) is 0.642. The zero-order valence-corrected chi connectivity index (χ0v) is 11.8. The SMILES string of the molecule is CCCCNCC(C)OCCCc1ccccc1. The zero-order valence-electron chi connectivity index (χ0n) is 11.8. The van der Waals surface area contributed by atoms with E-state index in [1.807, 2.05) is 0 Å². The average Bonchev–Trinajstić information content (AvgIpc) is 2.41. The minimum Gasteiger partial charge on any atom is -0.377 e. The molecule has 1 aromatic carbocycles. The third kappa shape index (κ3) is 7.46. The molecule has 0 radical (unpaired) electrons. The van der Waals surface area contributed by atoms with Gasteiger partial charge >= 0.3 is 0 Å². The van der Waals surface area contributed by atoms with Crippen molar-refractivity contribution in [3.05, 3.63) is 35.9 Å². The van der Waals surface area contributed by atoms with Crippen LogP contribution in [0.2, 0.25) is 0 Å². The van der Waals surface area contributed by atoms with Crippen molar-refractivity contribution >= 4 is 0 Å². The van der Waals surface area contributed by atoms with Gasteiger partial charge in [0.2, 0.25) is 0 Å². The largest absolute Gasteiger partial charge is 0.377 e. The van der Waals surface area contributed by atoms with E-state index in [9.17, 15) is 0 Å². The van der Waals surface area contributed by atoms with E-state index in [1.165, 1.54) is 18.4 Å². The molecular weight excluding hydrogens is 222 g/mol. The fourth-order valence-corrected chi connectivity index (χ4v) is 1.87. The van der Waals surface area contributed by atoms with Gasteiger partial charge in [-0.3, -0.25) is 0 Å². The minimum absolute atomic E-state index is 0.317. The molecule has 0 bridgehead atoms. The van der Waals surface area contributed by atoms with Crippen LogP contribution in [0, 0.1) is 0 Å². The molecule has 0 amide bonds. The maximum atomic E-state index is 5.78. The molecule has 0 aliphatic heterocycles. The first-order chi connectivity index (χ1) is 8.83. The highest BCUT2D eigenvalue weighted by molar-refractivity contribution is 5.14. The van der Waals surface area contributed by atoms with Crippen molar-refractivity contribution in [1.29, 1.82) is 0 Å². The van der Waals surface area contributed by atoms with Gasteiger partial charge in [0.25, 0.3) is 0 Å². The van der Waals surface area contributed by atoms with Crippen molar-refractivity contribution in [1.82, 2.24) is 5.32 Å². The molecule has 0 aliphatic rings. The van der Waals surface area contributed by atoms with Crippen LogP contribution in [0.4, 0.5) is 0 Å². The molecule has 1 aromatic rings. The highest BCUT2D eigenvalue weighted by atomic mass is 16.5. The zero-order chi connectivity index (χ0) is 13.1. The lowest BCUT2D eigenvalue weighted by Gasteiger charge is -2.13. The molecule has 0 heterocycles. The van der Waals surface area contributed by atoms with E-state index in [1.54, 1.807) is 0 Å². The van der Waals surface area contributed by atoms with Crippen molar-refractivity contribution in [2.45, 2.75) is 45.6 Å². The number of unbranched alkanes of at least 4 members (excludes halogenated alkanes) is 1. The third-order valence-electron chi connectivity index (χ3n) is 2.99. The molecule has 0 saturated carbocycles. The predicted octanol–water partition coefficient (Wildman–Crippen LogP) is 3.41. The first-order valence-electron chi connectivity index (χ1n) is 7.19. The van der Waals surface area contributed by atoms with Crippen LogP contribution in [-0.2, 0) is 11.2 Å². The van der Waals surface area contributed by atoms with Crippen LogP contribution in [0.15, 0.2) is 30.3 Å². The van der Waals surface area contributed by atoms with Gasteiger partial charge in [-0.05, 0) is 38.3 Å². The Morgan fingerprint density at radius 1 is 1.17 bits per heavy atom. The van der Waals surface area contributed by atoms with Gasteiger partial charge in [-0.15, -0.1) is 0 Å². The molecule has 0 spiro atoms. The second-order valence-corrected chi connectivity index (χ2v) is 4.83. The predicted molar refractivity (Wildman–Crippen MR) is 78.0 cm³/mol. The minimum atomic E-state index is 0.317. The summed E-state index contributed by atoms with van der Waals surface area (Å²) >= 11 is 0. The number of benzene rings is 1. The van der Waals surface area contributed by atoms with E-state index >= 15 is 0 Å². The average molecular weight is 249 g/mol. The van der Waals surface area contributed by atoms with Gasteiger partial charge < -0.3 is 10.1 Å². The van der Waals surface area contributed by atoms with Crippen LogP contribution in [0.5, 0.6) is 0 Å². The van der Waals surface area contributed by atoms with Crippen LogP contribution < -0.4 is 5.32 Å². The Morgan fingerprint density at radius 2 is 1.94 bits per heavy atom. The lowest BCUT2D eigenvalue weighted by Crippen LogP contribution is -2.27. The number of hydrogen-bond donors (Lipinski definition) is 1. The molecular formula is C16H27NO. The Hall–Kier alpha value is -0.860. The first-order valence-corrected chi connectivity index (χ1v) is 7.19. The Labute approximate surface area is 112 Å². The Morgan fingerprint density at radius 3 is 2.67 bits per heavy atom. The summed E-state index contributed by atoms with van der Waals surface area (Å²) in [6.45, 7) is 7.28. The Bertz CT molecular complexity index is 286. The van der Waals surface area contributed by atoms with Crippen molar-refractivity contribution in [3.8, 4) is 0 Å². The molecule has 1 N–H and O–H groups in total. The molecule has 0 saturated heterocycles. The molecule has 2 nitrogen and oxygen atoms in total. The summed E-state index contributed by atoms with van der Waals surface area (Å²) < 4.78 is 5.78. The normalized spacial score (nSPS) is 12.6. The highest BCUT2D eigenvalue weighted by Crippen LogP contribution is 2.03. The van der Waals surface area contributed by atoms with Crippen molar-refractivity contribution in [3.63, 3.8) is 0 Å². The van der Waals surface area contributed by atoms with Gasteiger partial charge in [0.15, 0.2) is 0 Å². The van der Waals surface area contributed by atoms with Gasteiger partial charge in [-0.25, -0.2) is 0 Å². The fourth-order valence-electron chi connectivity index (χ4n) is 1.87. The molecule has 18 heavy (non-hydrogen) atoms. The summed E-state index contributed by atoms with van der Waals surface area (Å²) in [4.78, 5) is 0. The highest BCUT2D eigenvalue weighted by Gasteiger charge is 2.01. The molecule has 0 aromatic heterocycles. The standard InChI is InChI=1S/C16H27NO/c1-3-4-12-17-14-15(2)18-13-8-11-16-9-6-5-7-10-16/h5-7,9-10,15,17H,3-4,8,11-14H2,1-2H3. The first kappa shape index (κ1) is 15.2. The second kappa shape index (κ2) is 10.1. The van der Waals surface area contributed by atoms with Crippen LogP contribution in [0.25, 0.3) is 0 Å². The van der Waals surface area contributed by atoms with Crippen molar-refractivity contribution < 1.29 is 4.74 Å². The lowest BCUT2D eigenvalue weighted by atomic mass is 10.1. The number of hydrogen-bond acceptors (Lipinski definition) is 2. The summed E-state index contributed by atoms with van der Waals surface area (Å²) in [5.74, 6) is 0. The summed E-state index contributed by atoms with van der Waals surface area (Å²) in [5, 5.41) is 3.42. The summed E-state index contributed by atoms with van der Waals surface area (Å²) in [7, 11) is 0. The van der Waals surface area contributed by atoms with E-state index in [-0.39, 0.29) is 0 Å². The van der Waals surface area contributed by atoms with E-state index in [4.69, 9.17) is 4.74 Å². The second-order valence-electron chi connectivity index (χ2n) is 4.83. The molecule has 1 unspecified atom stereocenters. The molecule has 1 atom stereocenters. The van der Waals surface area contributed by atoms with Gasteiger partial charge in [0.1, 0.15) is 0 Å². The maximum Gasteiger partial charge on any atom is 0.0671 e. The summed E-state index contributed by atoms with van der Waals surface area (Å²) in [6, 6.07) is 10.6. The Kier molecular flexibility index (Phi) is 8.53. The van der Waals surface area contributed by atoms with Gasteiger partial charge in [0, 0.05) is 13.2 Å². The molecule has 2 heteroatoms. The van der Waals surface area contributed by atoms with Gasteiger partial charge in [0.05, 0.1) is 6.10 Å². The maximum absolute atomic E-state index is 5.78. The number of rotatable bonds is 10. The number of ether oxygens (including phenoxy) is 1.